The second-order valence-electron chi connectivity index (χ2n) is 8.08. The summed E-state index contributed by atoms with van der Waals surface area (Å²) in [6, 6.07) is 5.60. The third-order valence-corrected chi connectivity index (χ3v) is 5.37. The number of pyridine rings is 1. The molecular weight excluding hydrogens is 417 g/mol. The monoisotopic (exact) mass is 446 g/mol. The van der Waals surface area contributed by atoms with Gasteiger partial charge in [-0.15, -0.1) is 0 Å². The fraction of sp³-hybridized carbons (Fsp3) is 0.667. The van der Waals surface area contributed by atoms with E-state index in [4.69, 9.17) is 19.4 Å². The number of alkyl halides is 3. The van der Waals surface area contributed by atoms with Gasteiger partial charge >= 0.3 is 12.1 Å². The van der Waals surface area contributed by atoms with Crippen molar-refractivity contribution >= 4 is 11.9 Å². The summed E-state index contributed by atoms with van der Waals surface area (Å²) in [5.74, 6) is -2.38. The van der Waals surface area contributed by atoms with Gasteiger partial charge in [0.1, 0.15) is 5.69 Å². The van der Waals surface area contributed by atoms with Gasteiger partial charge in [-0.3, -0.25) is 4.79 Å². The van der Waals surface area contributed by atoms with Crippen molar-refractivity contribution in [3.63, 3.8) is 0 Å². The van der Waals surface area contributed by atoms with Gasteiger partial charge < -0.3 is 19.5 Å². The number of carbonyl (C=O) groups is 2. The van der Waals surface area contributed by atoms with Crippen LogP contribution in [0, 0.1) is 12.8 Å². The Bertz CT molecular complexity index is 772. The van der Waals surface area contributed by atoms with Crippen LogP contribution < -0.4 is 0 Å². The molecule has 1 saturated carbocycles. The summed E-state index contributed by atoms with van der Waals surface area (Å²) in [6.07, 6.45) is -1.61. The smallest absolute Gasteiger partial charge is 0.475 e. The van der Waals surface area contributed by atoms with Gasteiger partial charge in [-0.2, -0.15) is 13.2 Å². The Kier molecular flexibility index (Phi) is 8.41. The van der Waals surface area contributed by atoms with Gasteiger partial charge in [0.15, 0.2) is 0 Å². The number of aliphatic carboxylic acids is 1. The number of amides is 1. The zero-order chi connectivity index (χ0) is 23.2. The summed E-state index contributed by atoms with van der Waals surface area (Å²) in [5.41, 5.74) is 1.15. The molecule has 10 heteroatoms. The Labute approximate surface area is 179 Å². The molecule has 1 aromatic heterocycles. The number of hydrogen-bond donors (Lipinski definition) is 1. The molecule has 3 rings (SSSR count). The van der Waals surface area contributed by atoms with E-state index < -0.39 is 12.1 Å². The molecule has 31 heavy (non-hydrogen) atoms. The number of halogens is 3. The fourth-order valence-corrected chi connectivity index (χ4v) is 3.86. The molecule has 7 nitrogen and oxygen atoms in total. The molecule has 1 amide bonds. The largest absolute Gasteiger partial charge is 0.490 e. The minimum absolute atomic E-state index is 0.0109. The van der Waals surface area contributed by atoms with Gasteiger partial charge in [-0.05, 0) is 45.7 Å². The van der Waals surface area contributed by atoms with Crippen molar-refractivity contribution in [3.05, 3.63) is 29.6 Å². The van der Waals surface area contributed by atoms with E-state index >= 15 is 0 Å². The topological polar surface area (TPSA) is 89.0 Å². The maximum absolute atomic E-state index is 12.8. The fourth-order valence-electron chi connectivity index (χ4n) is 3.86. The first-order chi connectivity index (χ1) is 14.4. The van der Waals surface area contributed by atoms with Crippen molar-refractivity contribution in [2.45, 2.75) is 57.9 Å². The predicted molar refractivity (Wildman–Crippen MR) is 106 cm³/mol. The van der Waals surface area contributed by atoms with Crippen LogP contribution in [-0.4, -0.2) is 71.1 Å². The lowest BCUT2D eigenvalue weighted by Gasteiger charge is -2.44. The van der Waals surface area contributed by atoms with Crippen molar-refractivity contribution in [1.29, 1.82) is 0 Å². The Hall–Kier alpha value is -2.20. The van der Waals surface area contributed by atoms with E-state index in [1.165, 1.54) is 0 Å². The van der Waals surface area contributed by atoms with Gasteiger partial charge in [0, 0.05) is 18.2 Å². The number of rotatable bonds is 4. The lowest BCUT2D eigenvalue weighted by atomic mass is 9.89. The molecule has 0 unspecified atom stereocenters. The van der Waals surface area contributed by atoms with E-state index in [2.05, 4.69) is 18.8 Å². The van der Waals surface area contributed by atoms with E-state index in [1.54, 1.807) is 6.07 Å². The summed E-state index contributed by atoms with van der Waals surface area (Å²) in [4.78, 5) is 28.0. The van der Waals surface area contributed by atoms with E-state index in [-0.39, 0.29) is 17.6 Å². The maximum atomic E-state index is 12.8. The molecule has 1 aliphatic heterocycles. The standard InChI is InChI=1S/C19H28N2O3.C2HF3O2/c1-14(2)23-12-16-7-5-9-19(16)13-21(10-11-24-19)18(22)17-8-4-6-15(3)20-17;3-2(4,5)1(6)7/h4,6,8,14,16H,5,7,9-13H2,1-3H3;(H,6,7)/t16-,19+;/m1./s1. The molecule has 174 valence electrons. The number of hydrogen-bond acceptors (Lipinski definition) is 5. The lowest BCUT2D eigenvalue weighted by Crippen LogP contribution is -2.56. The molecular formula is C21H29F3N2O5. The first-order valence-corrected chi connectivity index (χ1v) is 10.2. The minimum Gasteiger partial charge on any atom is -0.475 e. The number of carboxylic acids is 1. The Morgan fingerprint density at radius 3 is 2.65 bits per heavy atom. The molecule has 1 spiro atoms. The predicted octanol–water partition coefficient (Wildman–Crippen LogP) is 3.46. The normalized spacial score (nSPS) is 23.6. The second-order valence-corrected chi connectivity index (χ2v) is 8.08. The van der Waals surface area contributed by atoms with E-state index in [0.717, 1.165) is 25.0 Å². The summed E-state index contributed by atoms with van der Waals surface area (Å²) in [6.45, 7) is 8.61. The SMILES string of the molecule is Cc1cccc(C(=O)N2CCO[C@@]3(CCC[C@@H]3COC(C)C)C2)n1.O=C(O)C(F)(F)F. The highest BCUT2D eigenvalue weighted by atomic mass is 19.4. The van der Waals surface area contributed by atoms with Crippen LogP contribution in [-0.2, 0) is 14.3 Å². The van der Waals surface area contributed by atoms with Gasteiger partial charge in [0.05, 0.1) is 31.5 Å². The minimum atomic E-state index is -5.08. The first-order valence-electron chi connectivity index (χ1n) is 10.2. The van der Waals surface area contributed by atoms with Crippen LogP contribution in [0.4, 0.5) is 13.2 Å². The average Bonchev–Trinajstić information content (AvgIpc) is 3.07. The van der Waals surface area contributed by atoms with E-state index in [9.17, 15) is 18.0 Å². The Balaban J connectivity index is 0.000000423. The molecule has 0 radical (unpaired) electrons. The van der Waals surface area contributed by atoms with Crippen molar-refractivity contribution in [3.8, 4) is 0 Å². The molecule has 1 aliphatic carbocycles. The zero-order valence-electron chi connectivity index (χ0n) is 17.9. The number of carbonyl (C=O) groups excluding carboxylic acids is 1. The van der Waals surface area contributed by atoms with Crippen molar-refractivity contribution in [2.75, 3.05) is 26.3 Å². The summed E-state index contributed by atoms with van der Waals surface area (Å²) in [7, 11) is 0. The number of morpholine rings is 1. The van der Waals surface area contributed by atoms with Crippen LogP contribution in [0.5, 0.6) is 0 Å². The average molecular weight is 446 g/mol. The quantitative estimate of drug-likeness (QED) is 0.762. The van der Waals surface area contributed by atoms with Crippen LogP contribution in [0.1, 0.15) is 49.3 Å². The maximum Gasteiger partial charge on any atom is 0.490 e. The highest BCUT2D eigenvalue weighted by Crippen LogP contribution is 2.41. The Morgan fingerprint density at radius 1 is 1.39 bits per heavy atom. The number of aryl methyl sites for hydroxylation is 1. The summed E-state index contributed by atoms with van der Waals surface area (Å²) < 4.78 is 43.8. The molecule has 1 aromatic rings. The molecule has 2 aliphatic rings. The summed E-state index contributed by atoms with van der Waals surface area (Å²) >= 11 is 0. The molecule has 1 saturated heterocycles. The van der Waals surface area contributed by atoms with Crippen molar-refractivity contribution in [1.82, 2.24) is 9.88 Å². The van der Waals surface area contributed by atoms with Crippen LogP contribution >= 0.6 is 0 Å². The Morgan fingerprint density at radius 2 is 2.06 bits per heavy atom. The van der Waals surface area contributed by atoms with Gasteiger partial charge in [-0.25, -0.2) is 9.78 Å². The zero-order valence-corrected chi connectivity index (χ0v) is 17.9. The van der Waals surface area contributed by atoms with Gasteiger partial charge in [0.2, 0.25) is 0 Å². The molecule has 2 heterocycles. The molecule has 2 fully saturated rings. The highest BCUT2D eigenvalue weighted by molar-refractivity contribution is 5.92. The molecule has 1 N–H and O–H groups in total. The van der Waals surface area contributed by atoms with Crippen LogP contribution in [0.2, 0.25) is 0 Å². The van der Waals surface area contributed by atoms with Crippen molar-refractivity contribution in [2.24, 2.45) is 5.92 Å². The number of nitrogens with zero attached hydrogens (tertiary/aromatic N) is 2. The summed E-state index contributed by atoms with van der Waals surface area (Å²) in [5, 5.41) is 7.12. The number of aromatic nitrogens is 1. The first kappa shape index (κ1) is 25.1. The van der Waals surface area contributed by atoms with Crippen LogP contribution in [0.15, 0.2) is 18.2 Å². The number of carboxylic acid groups (broad SMARTS) is 1. The lowest BCUT2D eigenvalue weighted by molar-refractivity contribution is -0.192. The van der Waals surface area contributed by atoms with E-state index in [0.29, 0.717) is 37.9 Å². The van der Waals surface area contributed by atoms with Crippen LogP contribution in [0.25, 0.3) is 0 Å². The molecule has 2 atom stereocenters. The molecule has 0 aromatic carbocycles. The molecule has 0 bridgehead atoms. The van der Waals surface area contributed by atoms with Gasteiger partial charge in [-0.1, -0.05) is 12.5 Å². The van der Waals surface area contributed by atoms with E-state index in [1.807, 2.05) is 24.0 Å². The third-order valence-electron chi connectivity index (χ3n) is 5.37. The third kappa shape index (κ3) is 6.90. The van der Waals surface area contributed by atoms with Crippen LogP contribution in [0.3, 0.4) is 0 Å². The van der Waals surface area contributed by atoms with Gasteiger partial charge in [0.25, 0.3) is 5.91 Å². The number of ether oxygens (including phenoxy) is 2. The second kappa shape index (κ2) is 10.4. The van der Waals surface area contributed by atoms with Crippen molar-refractivity contribution < 1.29 is 37.3 Å². The highest BCUT2D eigenvalue weighted by Gasteiger charge is 2.48.